The molecular weight excluding hydrogens is 568 g/mol. The number of hydrogen-bond donors (Lipinski definition) is 8. The van der Waals surface area contributed by atoms with E-state index in [1.807, 2.05) is 62.4 Å². The lowest BCUT2D eigenvalue weighted by Crippen LogP contribution is -2.59. The molecule has 0 bridgehead atoms. The van der Waals surface area contributed by atoms with E-state index < -0.39 is 47.9 Å². The van der Waals surface area contributed by atoms with Gasteiger partial charge in [0.1, 0.15) is 18.1 Å². The summed E-state index contributed by atoms with van der Waals surface area (Å²) in [6.07, 6.45) is 4.17. The fourth-order valence-electron chi connectivity index (χ4n) is 5.03. The maximum atomic E-state index is 13.8. The summed E-state index contributed by atoms with van der Waals surface area (Å²) >= 11 is 4.07. The molecule has 228 valence electrons. The quantitative estimate of drug-likeness (QED) is 0.102. The Morgan fingerprint density at radius 3 is 1.84 bits per heavy atom. The Balaban J connectivity index is 1.60. The SMILES string of the molecule is CCC(C)C(NC(=O)C(N)CS)C(=O)NC(Cc1c[nH]c2ccccc12)C(=O)NC(Cc1c[nH]c2ccccc12)C(=O)O. The average Bonchev–Trinajstić information content (AvgIpc) is 3.62. The third kappa shape index (κ3) is 7.57. The van der Waals surface area contributed by atoms with E-state index >= 15 is 0 Å². The zero-order chi connectivity index (χ0) is 31.1. The summed E-state index contributed by atoms with van der Waals surface area (Å²) in [6.45, 7) is 3.70. The lowest BCUT2D eigenvalue weighted by molar-refractivity contribution is -0.142. The number of para-hydroxylation sites is 2. The largest absolute Gasteiger partial charge is 0.480 e. The van der Waals surface area contributed by atoms with Crippen molar-refractivity contribution in [2.75, 3.05) is 5.75 Å². The first-order chi connectivity index (χ1) is 20.6. The molecule has 5 atom stereocenters. The number of aromatic amines is 2. The average molecular weight is 607 g/mol. The normalized spacial score (nSPS) is 14.9. The van der Waals surface area contributed by atoms with Crippen LogP contribution in [0.2, 0.25) is 0 Å². The van der Waals surface area contributed by atoms with Crippen LogP contribution in [0, 0.1) is 5.92 Å². The fraction of sp³-hybridized carbons (Fsp3) is 0.355. The highest BCUT2D eigenvalue weighted by Crippen LogP contribution is 2.21. The van der Waals surface area contributed by atoms with Gasteiger partial charge in [0.05, 0.1) is 6.04 Å². The third-order valence-electron chi connectivity index (χ3n) is 7.77. The molecular formula is C31H38N6O5S. The topological polar surface area (TPSA) is 182 Å². The summed E-state index contributed by atoms with van der Waals surface area (Å²) in [6, 6.07) is 10.8. The summed E-state index contributed by atoms with van der Waals surface area (Å²) < 4.78 is 0. The first-order valence-electron chi connectivity index (χ1n) is 14.2. The second kappa shape index (κ2) is 14.3. The van der Waals surface area contributed by atoms with Crippen LogP contribution in [0.3, 0.4) is 0 Å². The predicted octanol–water partition coefficient (Wildman–Crippen LogP) is 2.28. The van der Waals surface area contributed by atoms with E-state index in [1.165, 1.54) is 0 Å². The molecule has 0 saturated heterocycles. The molecule has 0 aliphatic rings. The van der Waals surface area contributed by atoms with Crippen LogP contribution in [0.4, 0.5) is 0 Å². The summed E-state index contributed by atoms with van der Waals surface area (Å²) in [5.74, 6) is -3.15. The van der Waals surface area contributed by atoms with Gasteiger partial charge < -0.3 is 36.8 Å². The Morgan fingerprint density at radius 2 is 1.33 bits per heavy atom. The summed E-state index contributed by atoms with van der Waals surface area (Å²) in [5.41, 5.74) is 9.04. The molecule has 2 aromatic carbocycles. The number of hydrogen-bond acceptors (Lipinski definition) is 6. The van der Waals surface area contributed by atoms with Crippen LogP contribution in [-0.4, -0.2) is 68.7 Å². The lowest BCUT2D eigenvalue weighted by atomic mass is 9.96. The smallest absolute Gasteiger partial charge is 0.326 e. The molecule has 4 rings (SSSR count). The molecule has 11 nitrogen and oxygen atoms in total. The number of amides is 3. The van der Waals surface area contributed by atoms with E-state index in [4.69, 9.17) is 5.73 Å². The lowest BCUT2D eigenvalue weighted by Gasteiger charge is -2.28. The zero-order valence-corrected chi connectivity index (χ0v) is 25.0. The highest BCUT2D eigenvalue weighted by Gasteiger charge is 2.33. The van der Waals surface area contributed by atoms with Crippen LogP contribution in [0.25, 0.3) is 21.8 Å². The van der Waals surface area contributed by atoms with Gasteiger partial charge in [-0.1, -0.05) is 56.7 Å². The van der Waals surface area contributed by atoms with Gasteiger partial charge in [-0.25, -0.2) is 4.79 Å². The summed E-state index contributed by atoms with van der Waals surface area (Å²) in [7, 11) is 0. The number of carbonyl (C=O) groups excluding carboxylic acids is 3. The second-order valence-electron chi connectivity index (χ2n) is 10.7. The monoisotopic (exact) mass is 606 g/mol. The second-order valence-corrected chi connectivity index (χ2v) is 11.1. The number of aromatic nitrogens is 2. The van der Waals surface area contributed by atoms with Gasteiger partial charge in [0.25, 0.3) is 0 Å². The van der Waals surface area contributed by atoms with Gasteiger partial charge in [-0.3, -0.25) is 14.4 Å². The molecule has 5 unspecified atom stereocenters. The first kappa shape index (κ1) is 31.6. The predicted molar refractivity (Wildman–Crippen MR) is 169 cm³/mol. The highest BCUT2D eigenvalue weighted by atomic mass is 32.1. The third-order valence-corrected chi connectivity index (χ3v) is 8.17. The Kier molecular flexibility index (Phi) is 10.5. The number of nitrogens with two attached hydrogens (primary N) is 1. The summed E-state index contributed by atoms with van der Waals surface area (Å²) in [4.78, 5) is 58.6. The van der Waals surface area contributed by atoms with Crippen molar-refractivity contribution in [3.05, 3.63) is 72.1 Å². The van der Waals surface area contributed by atoms with Gasteiger partial charge in [-0.2, -0.15) is 12.6 Å². The summed E-state index contributed by atoms with van der Waals surface area (Å²) in [5, 5.41) is 19.9. The van der Waals surface area contributed by atoms with Crippen molar-refractivity contribution < 1.29 is 24.3 Å². The maximum Gasteiger partial charge on any atom is 0.326 e. The van der Waals surface area contributed by atoms with Gasteiger partial charge in [0.15, 0.2) is 0 Å². The number of carbonyl (C=O) groups is 4. The van der Waals surface area contributed by atoms with Gasteiger partial charge >= 0.3 is 5.97 Å². The molecule has 43 heavy (non-hydrogen) atoms. The van der Waals surface area contributed by atoms with Crippen LogP contribution in [0.5, 0.6) is 0 Å². The highest BCUT2D eigenvalue weighted by molar-refractivity contribution is 7.80. The minimum atomic E-state index is -1.26. The number of carboxylic acids is 1. The molecule has 0 saturated carbocycles. The minimum absolute atomic E-state index is 0.0337. The molecule has 0 fully saturated rings. The van der Waals surface area contributed by atoms with E-state index in [0.29, 0.717) is 6.42 Å². The number of carboxylic acid groups (broad SMARTS) is 1. The Bertz CT molecular complexity index is 1600. The molecule has 2 aromatic heterocycles. The number of rotatable bonds is 14. The number of H-pyrrole nitrogens is 2. The van der Waals surface area contributed by atoms with Crippen LogP contribution in [0.1, 0.15) is 31.4 Å². The van der Waals surface area contributed by atoms with Crippen LogP contribution < -0.4 is 21.7 Å². The van der Waals surface area contributed by atoms with Crippen molar-refractivity contribution in [1.29, 1.82) is 0 Å². The maximum absolute atomic E-state index is 13.8. The van der Waals surface area contributed by atoms with Crippen LogP contribution >= 0.6 is 12.6 Å². The van der Waals surface area contributed by atoms with E-state index in [9.17, 15) is 24.3 Å². The zero-order valence-electron chi connectivity index (χ0n) is 24.1. The van der Waals surface area contributed by atoms with E-state index in [1.54, 1.807) is 12.4 Å². The Labute approximate surface area is 254 Å². The molecule has 12 heteroatoms. The van der Waals surface area contributed by atoms with Crippen LogP contribution in [0.15, 0.2) is 60.9 Å². The van der Waals surface area contributed by atoms with Crippen molar-refractivity contribution in [3.63, 3.8) is 0 Å². The van der Waals surface area contributed by atoms with Gasteiger partial charge in [-0.05, 0) is 29.2 Å². The fourth-order valence-corrected chi connectivity index (χ4v) is 5.19. The molecule has 0 aliphatic carbocycles. The molecule has 4 aromatic rings. The minimum Gasteiger partial charge on any atom is -0.480 e. The standard InChI is InChI=1S/C31H38N6O5S/c1-3-17(2)27(37-28(38)22(32)16-43)30(40)35-25(12-18-14-33-23-10-6-4-8-20(18)23)29(39)36-26(31(41)42)13-19-15-34-24-11-7-5-9-21(19)24/h4-11,14-15,17,22,25-27,33-34,43H,3,12-13,16,32H2,1-2H3,(H,35,40)(H,36,39)(H,37,38)(H,41,42). The van der Waals surface area contributed by atoms with Crippen molar-refractivity contribution in [1.82, 2.24) is 25.9 Å². The first-order valence-corrected chi connectivity index (χ1v) is 14.9. The van der Waals surface area contributed by atoms with Gasteiger partial charge in [0, 0.05) is 52.8 Å². The number of thiol groups is 1. The van der Waals surface area contributed by atoms with Crippen molar-refractivity contribution >= 4 is 58.1 Å². The van der Waals surface area contributed by atoms with Crippen molar-refractivity contribution in [2.45, 2.75) is 57.3 Å². The molecule has 0 aliphatic heterocycles. The molecule has 3 amide bonds. The van der Waals surface area contributed by atoms with Gasteiger partial charge in [-0.15, -0.1) is 0 Å². The van der Waals surface area contributed by atoms with Crippen LogP contribution in [-0.2, 0) is 32.0 Å². The number of aliphatic carboxylic acids is 1. The van der Waals surface area contributed by atoms with E-state index in [0.717, 1.165) is 32.9 Å². The molecule has 0 spiro atoms. The molecule has 0 radical (unpaired) electrons. The van der Waals surface area contributed by atoms with E-state index in [2.05, 4.69) is 38.5 Å². The Morgan fingerprint density at radius 1 is 0.814 bits per heavy atom. The van der Waals surface area contributed by atoms with E-state index in [-0.39, 0.29) is 24.5 Å². The number of nitrogens with one attached hydrogen (secondary N) is 5. The van der Waals surface area contributed by atoms with Crippen molar-refractivity contribution in [2.24, 2.45) is 11.7 Å². The molecule has 2 heterocycles. The van der Waals surface area contributed by atoms with Gasteiger partial charge in [0.2, 0.25) is 17.7 Å². The molecule has 8 N–H and O–H groups in total. The van der Waals surface area contributed by atoms with Crippen molar-refractivity contribution in [3.8, 4) is 0 Å². The number of benzene rings is 2. The Hall–Kier alpha value is -4.29. The number of fused-ring (bicyclic) bond motifs is 2.